The zero-order valence-corrected chi connectivity index (χ0v) is 12.1. The van der Waals surface area contributed by atoms with Gasteiger partial charge in [-0.3, -0.25) is 0 Å². The SMILES string of the molecule is CCCCCCC[P+](C)(C)C.[I-]. The van der Waals surface area contributed by atoms with Crippen molar-refractivity contribution in [1.29, 1.82) is 0 Å². The summed E-state index contributed by atoms with van der Waals surface area (Å²) in [6.45, 7) is 9.59. The van der Waals surface area contributed by atoms with Gasteiger partial charge in [0.2, 0.25) is 0 Å². The van der Waals surface area contributed by atoms with Crippen molar-refractivity contribution in [3.05, 3.63) is 0 Å². The number of hydrogen-bond acceptors (Lipinski definition) is 0. The first-order valence-electron chi connectivity index (χ1n) is 4.86. The molecule has 0 fully saturated rings. The fourth-order valence-corrected chi connectivity index (χ4v) is 2.36. The van der Waals surface area contributed by atoms with Gasteiger partial charge in [-0.1, -0.05) is 26.2 Å². The molecule has 12 heavy (non-hydrogen) atoms. The Morgan fingerprint density at radius 1 is 0.833 bits per heavy atom. The second-order valence-corrected chi connectivity index (χ2v) is 9.46. The summed E-state index contributed by atoms with van der Waals surface area (Å²) in [5.74, 6) is 0. The minimum absolute atomic E-state index is 0. The van der Waals surface area contributed by atoms with E-state index in [-0.39, 0.29) is 24.0 Å². The van der Waals surface area contributed by atoms with Gasteiger partial charge in [0.05, 0.1) is 6.16 Å². The predicted octanol–water partition coefficient (Wildman–Crippen LogP) is 0.868. The van der Waals surface area contributed by atoms with Crippen LogP contribution in [0.15, 0.2) is 0 Å². The molecule has 0 unspecified atom stereocenters. The van der Waals surface area contributed by atoms with Gasteiger partial charge in [0, 0.05) is 27.3 Å². The lowest BCUT2D eigenvalue weighted by atomic mass is 10.2. The summed E-state index contributed by atoms with van der Waals surface area (Å²) in [7, 11) is -0.464. The molecular weight excluding hydrogens is 278 g/mol. The van der Waals surface area contributed by atoms with Crippen molar-refractivity contribution in [2.24, 2.45) is 0 Å². The highest BCUT2D eigenvalue weighted by atomic mass is 127. The smallest absolute Gasteiger partial charge is 0.0586 e. The molecule has 0 amide bonds. The van der Waals surface area contributed by atoms with Crippen LogP contribution in [0.25, 0.3) is 0 Å². The van der Waals surface area contributed by atoms with E-state index < -0.39 is 7.26 Å². The van der Waals surface area contributed by atoms with Gasteiger partial charge >= 0.3 is 0 Å². The van der Waals surface area contributed by atoms with Crippen LogP contribution in [-0.4, -0.2) is 26.2 Å². The summed E-state index contributed by atoms with van der Waals surface area (Å²) >= 11 is 0. The van der Waals surface area contributed by atoms with Gasteiger partial charge in [-0.05, 0) is 12.8 Å². The molecule has 76 valence electrons. The Morgan fingerprint density at radius 2 is 1.33 bits per heavy atom. The lowest BCUT2D eigenvalue weighted by Crippen LogP contribution is -3.00. The van der Waals surface area contributed by atoms with Crippen LogP contribution >= 0.6 is 7.26 Å². The molecule has 0 nitrogen and oxygen atoms in total. The van der Waals surface area contributed by atoms with Gasteiger partial charge < -0.3 is 24.0 Å². The van der Waals surface area contributed by atoms with Crippen LogP contribution in [0, 0.1) is 0 Å². The summed E-state index contributed by atoms with van der Waals surface area (Å²) in [6.07, 6.45) is 8.68. The molecule has 0 aliphatic rings. The van der Waals surface area contributed by atoms with E-state index in [9.17, 15) is 0 Å². The molecule has 0 aromatic carbocycles. The Balaban J connectivity index is 0. The molecule has 0 saturated heterocycles. The molecule has 0 radical (unpaired) electrons. The van der Waals surface area contributed by atoms with Gasteiger partial charge in [-0.15, -0.1) is 0 Å². The first kappa shape index (κ1) is 15.6. The first-order chi connectivity index (χ1) is 5.06. The number of rotatable bonds is 6. The zero-order valence-electron chi connectivity index (χ0n) is 9.07. The molecular formula is C10H24IP. The molecule has 0 bridgehead atoms. The van der Waals surface area contributed by atoms with E-state index in [1.807, 2.05) is 0 Å². The normalized spacial score (nSPS) is 11.0. The first-order valence-corrected chi connectivity index (χ1v) is 8.18. The number of unbranched alkanes of at least 4 members (excludes halogenated alkanes) is 4. The minimum atomic E-state index is -0.464. The van der Waals surface area contributed by atoms with Crippen LogP contribution in [0.3, 0.4) is 0 Å². The van der Waals surface area contributed by atoms with Crippen LogP contribution in [0.2, 0.25) is 0 Å². The van der Waals surface area contributed by atoms with E-state index in [4.69, 9.17) is 0 Å². The quantitative estimate of drug-likeness (QED) is 0.388. The second kappa shape index (κ2) is 8.74. The maximum Gasteiger partial charge on any atom is 0.0586 e. The third-order valence-corrected chi connectivity index (χ3v) is 3.59. The van der Waals surface area contributed by atoms with Crippen LogP contribution in [0.5, 0.6) is 0 Å². The van der Waals surface area contributed by atoms with Crippen molar-refractivity contribution in [2.75, 3.05) is 26.2 Å². The average Bonchev–Trinajstić information content (AvgIpc) is 1.85. The Morgan fingerprint density at radius 3 is 1.75 bits per heavy atom. The standard InChI is InChI=1S/C10H24P.HI/c1-5-6-7-8-9-10-11(2,3)4;/h5-10H2,1-4H3;1H/q+1;/p-1. The summed E-state index contributed by atoms with van der Waals surface area (Å²) in [5, 5.41) is 0. The topological polar surface area (TPSA) is 0 Å². The van der Waals surface area contributed by atoms with E-state index >= 15 is 0 Å². The molecule has 0 aromatic rings. The van der Waals surface area contributed by atoms with Crippen molar-refractivity contribution >= 4 is 7.26 Å². The molecule has 0 rings (SSSR count). The van der Waals surface area contributed by atoms with E-state index in [2.05, 4.69) is 26.9 Å². The van der Waals surface area contributed by atoms with Crippen molar-refractivity contribution < 1.29 is 24.0 Å². The number of halogens is 1. The Hall–Kier alpha value is 1.16. The van der Waals surface area contributed by atoms with Gasteiger partial charge in [0.1, 0.15) is 0 Å². The maximum atomic E-state index is 2.44. The Kier molecular flexibility index (Phi) is 11.4. The molecule has 0 N–H and O–H groups in total. The lowest BCUT2D eigenvalue weighted by molar-refractivity contribution is -0.00000279. The molecule has 0 aliphatic carbocycles. The Labute approximate surface area is 96.3 Å². The fourth-order valence-electron chi connectivity index (χ4n) is 1.19. The van der Waals surface area contributed by atoms with Gasteiger partial charge in [-0.2, -0.15) is 0 Å². The molecule has 0 spiro atoms. The lowest BCUT2D eigenvalue weighted by Gasteiger charge is -2.10. The van der Waals surface area contributed by atoms with Gasteiger partial charge in [-0.25, -0.2) is 0 Å². The third kappa shape index (κ3) is 13.7. The van der Waals surface area contributed by atoms with Gasteiger partial charge in [0.25, 0.3) is 0 Å². The van der Waals surface area contributed by atoms with Crippen LogP contribution < -0.4 is 24.0 Å². The van der Waals surface area contributed by atoms with Crippen molar-refractivity contribution in [1.82, 2.24) is 0 Å². The Bertz CT molecular complexity index is 86.3. The summed E-state index contributed by atoms with van der Waals surface area (Å²) in [4.78, 5) is 0. The van der Waals surface area contributed by atoms with E-state index in [0.29, 0.717) is 0 Å². The van der Waals surface area contributed by atoms with E-state index in [1.165, 1.54) is 38.3 Å². The molecule has 0 aromatic heterocycles. The highest BCUT2D eigenvalue weighted by molar-refractivity contribution is 7.73. The summed E-state index contributed by atoms with van der Waals surface area (Å²) in [5.41, 5.74) is 0. The highest BCUT2D eigenvalue weighted by Crippen LogP contribution is 2.47. The largest absolute Gasteiger partial charge is 1.00 e. The van der Waals surface area contributed by atoms with Gasteiger partial charge in [0.15, 0.2) is 0 Å². The van der Waals surface area contributed by atoms with Crippen molar-refractivity contribution in [3.8, 4) is 0 Å². The zero-order chi connectivity index (χ0) is 8.74. The number of hydrogen-bond donors (Lipinski definition) is 0. The molecule has 0 saturated carbocycles. The third-order valence-electron chi connectivity index (χ3n) is 1.93. The molecule has 0 heterocycles. The average molecular weight is 302 g/mol. The van der Waals surface area contributed by atoms with Crippen LogP contribution in [-0.2, 0) is 0 Å². The highest BCUT2D eigenvalue weighted by Gasteiger charge is 2.15. The molecule has 0 aliphatic heterocycles. The van der Waals surface area contributed by atoms with E-state index in [0.717, 1.165) is 0 Å². The predicted molar refractivity (Wildman–Crippen MR) is 58.3 cm³/mol. The summed E-state index contributed by atoms with van der Waals surface area (Å²) in [6, 6.07) is 0. The fraction of sp³-hybridized carbons (Fsp3) is 1.00. The minimum Gasteiger partial charge on any atom is -1.00 e. The second-order valence-electron chi connectivity index (χ2n) is 4.43. The van der Waals surface area contributed by atoms with Crippen LogP contribution in [0.1, 0.15) is 39.0 Å². The molecule has 0 atom stereocenters. The van der Waals surface area contributed by atoms with Crippen molar-refractivity contribution in [2.45, 2.75) is 39.0 Å². The summed E-state index contributed by atoms with van der Waals surface area (Å²) < 4.78 is 0. The molecule has 2 heteroatoms. The van der Waals surface area contributed by atoms with E-state index in [1.54, 1.807) is 0 Å². The van der Waals surface area contributed by atoms with Crippen LogP contribution in [0.4, 0.5) is 0 Å². The van der Waals surface area contributed by atoms with Crippen molar-refractivity contribution in [3.63, 3.8) is 0 Å². The monoisotopic (exact) mass is 302 g/mol. The maximum absolute atomic E-state index is 2.44.